The lowest BCUT2D eigenvalue weighted by Gasteiger charge is -2.26. The highest BCUT2D eigenvalue weighted by Gasteiger charge is 2.18. The van der Waals surface area contributed by atoms with Crippen molar-refractivity contribution in [3.8, 4) is 5.75 Å². The van der Waals surface area contributed by atoms with E-state index in [2.05, 4.69) is 30.7 Å². The van der Waals surface area contributed by atoms with Crippen LogP contribution in [0.15, 0.2) is 53.7 Å². The van der Waals surface area contributed by atoms with Gasteiger partial charge in [-0.25, -0.2) is 4.99 Å². The number of aromatic nitrogens is 1. The van der Waals surface area contributed by atoms with E-state index in [1.165, 1.54) is 0 Å². The van der Waals surface area contributed by atoms with Crippen LogP contribution in [0.25, 0.3) is 0 Å². The Kier molecular flexibility index (Phi) is 5.15. The summed E-state index contributed by atoms with van der Waals surface area (Å²) >= 11 is 0. The molecule has 0 aliphatic heterocycles. The second kappa shape index (κ2) is 7.07. The summed E-state index contributed by atoms with van der Waals surface area (Å²) < 4.78 is 5.99. The van der Waals surface area contributed by atoms with E-state index in [-0.39, 0.29) is 5.60 Å². The molecule has 0 saturated heterocycles. The van der Waals surface area contributed by atoms with Crippen molar-refractivity contribution in [1.82, 2.24) is 4.98 Å². The maximum atomic E-state index is 5.99. The number of benzene rings is 1. The van der Waals surface area contributed by atoms with Gasteiger partial charge >= 0.3 is 0 Å². The standard InChI is InChI=1S/C18H23N3O/c1-4-12-18(2,3)22-15-10-8-14(9-11-15)21-17(19)16-7-5-6-13-20-16/h5-11,13H,4,12H2,1-3H3,(H2,19,21). The van der Waals surface area contributed by atoms with Gasteiger partial charge < -0.3 is 10.5 Å². The number of pyridine rings is 1. The number of nitrogens with two attached hydrogens (primary N) is 1. The summed E-state index contributed by atoms with van der Waals surface area (Å²) in [5.41, 5.74) is 7.26. The highest BCUT2D eigenvalue weighted by molar-refractivity contribution is 5.97. The fraction of sp³-hybridized carbons (Fsp3) is 0.333. The molecule has 0 aliphatic rings. The zero-order valence-electron chi connectivity index (χ0n) is 13.4. The Morgan fingerprint density at radius 3 is 2.50 bits per heavy atom. The SMILES string of the molecule is CCCC(C)(C)Oc1ccc(N=C(N)c2ccccn2)cc1. The van der Waals surface area contributed by atoms with Crippen molar-refractivity contribution in [3.05, 3.63) is 54.4 Å². The summed E-state index contributed by atoms with van der Waals surface area (Å²) in [4.78, 5) is 8.56. The minimum absolute atomic E-state index is 0.160. The molecule has 22 heavy (non-hydrogen) atoms. The van der Waals surface area contributed by atoms with Gasteiger partial charge in [-0.2, -0.15) is 0 Å². The Bertz CT molecular complexity index is 619. The van der Waals surface area contributed by atoms with Crippen LogP contribution in [0.4, 0.5) is 5.69 Å². The van der Waals surface area contributed by atoms with Gasteiger partial charge in [0.15, 0.2) is 0 Å². The minimum Gasteiger partial charge on any atom is -0.488 e. The first kappa shape index (κ1) is 16.0. The van der Waals surface area contributed by atoms with E-state index < -0.39 is 0 Å². The van der Waals surface area contributed by atoms with E-state index in [0.717, 1.165) is 24.3 Å². The zero-order chi connectivity index (χ0) is 16.0. The lowest BCUT2D eigenvalue weighted by molar-refractivity contribution is 0.0986. The lowest BCUT2D eigenvalue weighted by Crippen LogP contribution is -2.27. The highest BCUT2D eigenvalue weighted by Crippen LogP contribution is 2.24. The smallest absolute Gasteiger partial charge is 0.150 e. The normalized spacial score (nSPS) is 12.2. The van der Waals surface area contributed by atoms with Crippen LogP contribution < -0.4 is 10.5 Å². The molecule has 0 fully saturated rings. The molecule has 2 aromatic rings. The number of amidine groups is 1. The average Bonchev–Trinajstić information content (AvgIpc) is 2.49. The molecule has 1 aromatic heterocycles. The van der Waals surface area contributed by atoms with Gasteiger partial charge in [-0.05, 0) is 56.7 Å². The molecule has 0 aliphatic carbocycles. The molecule has 0 amide bonds. The molecule has 0 radical (unpaired) electrons. The van der Waals surface area contributed by atoms with Crippen LogP contribution in [0.2, 0.25) is 0 Å². The molecule has 0 unspecified atom stereocenters. The number of nitrogens with zero attached hydrogens (tertiary/aromatic N) is 2. The molecule has 1 aromatic carbocycles. The van der Waals surface area contributed by atoms with Gasteiger partial charge in [0.2, 0.25) is 0 Å². The van der Waals surface area contributed by atoms with E-state index in [4.69, 9.17) is 10.5 Å². The largest absolute Gasteiger partial charge is 0.488 e. The molecule has 0 saturated carbocycles. The number of aliphatic imine (C=N–C) groups is 1. The van der Waals surface area contributed by atoms with E-state index in [9.17, 15) is 0 Å². The number of hydrogen-bond donors (Lipinski definition) is 1. The molecule has 4 nitrogen and oxygen atoms in total. The van der Waals surface area contributed by atoms with Crippen LogP contribution in [0.5, 0.6) is 5.75 Å². The van der Waals surface area contributed by atoms with Crippen LogP contribution in [0.1, 0.15) is 39.3 Å². The summed E-state index contributed by atoms with van der Waals surface area (Å²) in [7, 11) is 0. The van der Waals surface area contributed by atoms with Crippen molar-refractivity contribution >= 4 is 11.5 Å². The van der Waals surface area contributed by atoms with Gasteiger partial charge in [-0.15, -0.1) is 0 Å². The molecule has 0 spiro atoms. The Morgan fingerprint density at radius 1 is 1.18 bits per heavy atom. The second-order valence-corrected chi connectivity index (χ2v) is 5.82. The Balaban J connectivity index is 2.09. The van der Waals surface area contributed by atoms with Crippen molar-refractivity contribution in [2.24, 2.45) is 10.7 Å². The number of ether oxygens (including phenoxy) is 1. The van der Waals surface area contributed by atoms with Gasteiger partial charge in [-0.1, -0.05) is 19.4 Å². The Morgan fingerprint density at radius 2 is 1.91 bits per heavy atom. The highest BCUT2D eigenvalue weighted by atomic mass is 16.5. The summed E-state index contributed by atoms with van der Waals surface area (Å²) in [6.07, 6.45) is 3.81. The van der Waals surface area contributed by atoms with Crippen molar-refractivity contribution < 1.29 is 4.74 Å². The number of hydrogen-bond acceptors (Lipinski definition) is 3. The molecule has 0 atom stereocenters. The number of rotatable bonds is 6. The van der Waals surface area contributed by atoms with E-state index >= 15 is 0 Å². The lowest BCUT2D eigenvalue weighted by atomic mass is 10.0. The third-order valence-corrected chi connectivity index (χ3v) is 3.26. The Hall–Kier alpha value is -2.36. The van der Waals surface area contributed by atoms with Crippen LogP contribution >= 0.6 is 0 Å². The van der Waals surface area contributed by atoms with Crippen molar-refractivity contribution in [1.29, 1.82) is 0 Å². The monoisotopic (exact) mass is 297 g/mol. The van der Waals surface area contributed by atoms with Gasteiger partial charge in [0.25, 0.3) is 0 Å². The molecule has 0 bridgehead atoms. The fourth-order valence-corrected chi connectivity index (χ4v) is 2.27. The van der Waals surface area contributed by atoms with Gasteiger partial charge in [0.05, 0.1) is 5.69 Å². The molecule has 1 heterocycles. The van der Waals surface area contributed by atoms with E-state index in [1.807, 2.05) is 42.5 Å². The maximum absolute atomic E-state index is 5.99. The summed E-state index contributed by atoms with van der Waals surface area (Å²) in [5, 5.41) is 0. The summed E-state index contributed by atoms with van der Waals surface area (Å²) in [6, 6.07) is 13.2. The first-order valence-electron chi connectivity index (χ1n) is 7.55. The molecule has 4 heteroatoms. The Labute approximate surface area is 132 Å². The van der Waals surface area contributed by atoms with Gasteiger partial charge in [0.1, 0.15) is 22.9 Å². The fourth-order valence-electron chi connectivity index (χ4n) is 2.27. The first-order chi connectivity index (χ1) is 10.5. The molecular weight excluding hydrogens is 274 g/mol. The molecule has 116 valence electrons. The van der Waals surface area contributed by atoms with Gasteiger partial charge in [0, 0.05) is 6.20 Å². The average molecular weight is 297 g/mol. The third kappa shape index (κ3) is 4.58. The molecule has 2 rings (SSSR count). The van der Waals surface area contributed by atoms with Crippen LogP contribution in [0, 0.1) is 0 Å². The zero-order valence-corrected chi connectivity index (χ0v) is 13.4. The predicted octanol–water partition coefficient (Wildman–Crippen LogP) is 4.08. The van der Waals surface area contributed by atoms with Crippen molar-refractivity contribution in [2.45, 2.75) is 39.2 Å². The van der Waals surface area contributed by atoms with Crippen LogP contribution in [-0.4, -0.2) is 16.4 Å². The summed E-state index contributed by atoms with van der Waals surface area (Å²) in [5.74, 6) is 1.24. The van der Waals surface area contributed by atoms with Gasteiger partial charge in [-0.3, -0.25) is 4.98 Å². The van der Waals surface area contributed by atoms with E-state index in [1.54, 1.807) is 6.20 Å². The first-order valence-corrected chi connectivity index (χ1v) is 7.55. The van der Waals surface area contributed by atoms with Crippen LogP contribution in [-0.2, 0) is 0 Å². The minimum atomic E-state index is -0.160. The van der Waals surface area contributed by atoms with Crippen molar-refractivity contribution in [2.75, 3.05) is 0 Å². The van der Waals surface area contributed by atoms with Crippen LogP contribution in [0.3, 0.4) is 0 Å². The third-order valence-electron chi connectivity index (χ3n) is 3.26. The summed E-state index contributed by atoms with van der Waals surface area (Å²) in [6.45, 7) is 6.35. The molecule has 2 N–H and O–H groups in total. The predicted molar refractivity (Wildman–Crippen MR) is 90.7 cm³/mol. The maximum Gasteiger partial charge on any atom is 0.150 e. The topological polar surface area (TPSA) is 60.5 Å². The quantitative estimate of drug-likeness (QED) is 0.645. The second-order valence-electron chi connectivity index (χ2n) is 5.82. The van der Waals surface area contributed by atoms with Crippen molar-refractivity contribution in [3.63, 3.8) is 0 Å². The molecular formula is C18H23N3O. The van der Waals surface area contributed by atoms with E-state index in [0.29, 0.717) is 11.5 Å².